The van der Waals surface area contributed by atoms with Crippen molar-refractivity contribution in [2.75, 3.05) is 25.0 Å². The smallest absolute Gasteiger partial charge is 0.410 e. The van der Waals surface area contributed by atoms with Crippen LogP contribution in [-0.2, 0) is 16.0 Å². The van der Waals surface area contributed by atoms with Crippen LogP contribution < -0.4 is 16.2 Å². The number of aryl methyl sites for hydroxylation is 1. The molecule has 0 aliphatic carbocycles. The van der Waals surface area contributed by atoms with E-state index in [1.807, 2.05) is 32.9 Å². The van der Waals surface area contributed by atoms with E-state index >= 15 is 0 Å². The minimum Gasteiger partial charge on any atom is -0.444 e. The molecule has 0 bridgehead atoms. The van der Waals surface area contributed by atoms with Crippen molar-refractivity contribution in [2.45, 2.75) is 64.5 Å². The van der Waals surface area contributed by atoms with E-state index < -0.39 is 5.60 Å². The summed E-state index contributed by atoms with van der Waals surface area (Å²) in [5.74, 6) is 1.27. The van der Waals surface area contributed by atoms with Crippen LogP contribution in [0.5, 0.6) is 0 Å². The third kappa shape index (κ3) is 6.83. The molecule has 12 nitrogen and oxygen atoms in total. The van der Waals surface area contributed by atoms with Crippen LogP contribution in [0.4, 0.5) is 10.6 Å². The van der Waals surface area contributed by atoms with Crippen molar-refractivity contribution >= 4 is 28.6 Å². The lowest BCUT2D eigenvalue weighted by Gasteiger charge is -2.27. The number of anilines is 1. The van der Waals surface area contributed by atoms with Crippen molar-refractivity contribution in [3.8, 4) is 0 Å². The molecule has 1 atom stereocenters. The average molecular weight is 512 g/mol. The van der Waals surface area contributed by atoms with E-state index in [0.29, 0.717) is 55.4 Å². The molecule has 1 unspecified atom stereocenters. The maximum atomic E-state index is 12.5. The fourth-order valence-corrected chi connectivity index (χ4v) is 4.16. The summed E-state index contributed by atoms with van der Waals surface area (Å²) in [6.45, 7) is 7.12. The molecule has 12 heteroatoms. The predicted octanol–water partition coefficient (Wildman–Crippen LogP) is 2.93. The van der Waals surface area contributed by atoms with Crippen LogP contribution in [-0.4, -0.2) is 62.5 Å². The van der Waals surface area contributed by atoms with Gasteiger partial charge >= 0.3 is 6.09 Å². The molecule has 1 fully saturated rings. The minimum absolute atomic E-state index is 0.122. The zero-order valence-corrected chi connectivity index (χ0v) is 21.4. The van der Waals surface area contributed by atoms with Gasteiger partial charge in [-0.05, 0) is 46.1 Å². The number of aromatic amines is 1. The number of benzene rings is 1. The molecule has 0 saturated carbocycles. The highest BCUT2D eigenvalue weighted by Crippen LogP contribution is 2.31. The molecule has 3 aromatic rings. The molecule has 198 valence electrons. The number of carbonyl (C=O) groups excluding carboxylic acids is 2. The highest BCUT2D eigenvalue weighted by atomic mass is 16.6. The fourth-order valence-electron chi connectivity index (χ4n) is 4.16. The van der Waals surface area contributed by atoms with Gasteiger partial charge in [-0.15, -0.1) is 0 Å². The zero-order valence-electron chi connectivity index (χ0n) is 21.4. The summed E-state index contributed by atoms with van der Waals surface area (Å²) in [6.07, 6.45) is 2.37. The second-order valence-corrected chi connectivity index (χ2v) is 9.96. The van der Waals surface area contributed by atoms with Gasteiger partial charge in [-0.25, -0.2) is 9.89 Å². The molecule has 4 rings (SSSR count). The van der Waals surface area contributed by atoms with Gasteiger partial charge in [0.1, 0.15) is 5.60 Å². The summed E-state index contributed by atoms with van der Waals surface area (Å²) >= 11 is 0. The standard InChI is InChI=1S/C25H33N7O5/c1-25(2,3)36-24(35)32-15-6-10-18(32)22-28-20(37-31-22)12-11-19(33)26-13-7-14-27-21-16-8-4-5-9-17(16)23(34)30-29-21/h4-5,8-9,18H,6-7,10-15H2,1-3H3,(H,26,33)(H,27,29)(H,30,34). The third-order valence-corrected chi connectivity index (χ3v) is 5.89. The van der Waals surface area contributed by atoms with E-state index in [9.17, 15) is 14.4 Å². The summed E-state index contributed by atoms with van der Waals surface area (Å²) in [4.78, 5) is 42.7. The average Bonchev–Trinajstić information content (AvgIpc) is 3.53. The van der Waals surface area contributed by atoms with E-state index in [2.05, 4.69) is 31.0 Å². The fraction of sp³-hybridized carbons (Fsp3) is 0.520. The molecule has 0 spiro atoms. The number of nitrogens with one attached hydrogen (secondary N) is 3. The first-order valence-electron chi connectivity index (χ1n) is 12.5. The molecule has 0 radical (unpaired) electrons. The largest absolute Gasteiger partial charge is 0.444 e. The number of hydrogen-bond donors (Lipinski definition) is 3. The molecule has 2 aromatic heterocycles. The molecule has 37 heavy (non-hydrogen) atoms. The number of fused-ring (bicyclic) bond motifs is 1. The van der Waals surface area contributed by atoms with E-state index in [1.54, 1.807) is 17.0 Å². The van der Waals surface area contributed by atoms with Crippen molar-refractivity contribution in [3.63, 3.8) is 0 Å². The number of aromatic nitrogens is 4. The zero-order chi connectivity index (χ0) is 26.4. The Bertz CT molecular complexity index is 1300. The highest BCUT2D eigenvalue weighted by Gasteiger charge is 2.36. The van der Waals surface area contributed by atoms with Crippen molar-refractivity contribution in [2.24, 2.45) is 0 Å². The van der Waals surface area contributed by atoms with Crippen molar-refractivity contribution in [1.29, 1.82) is 0 Å². The second kappa shape index (κ2) is 11.4. The number of amides is 2. The van der Waals surface area contributed by atoms with E-state index in [0.717, 1.165) is 18.2 Å². The molecule has 1 aromatic carbocycles. The van der Waals surface area contributed by atoms with Crippen LogP contribution in [0.15, 0.2) is 33.6 Å². The van der Waals surface area contributed by atoms with Crippen molar-refractivity contribution in [3.05, 3.63) is 46.3 Å². The van der Waals surface area contributed by atoms with Gasteiger partial charge < -0.3 is 19.9 Å². The first-order chi connectivity index (χ1) is 17.7. The Balaban J connectivity index is 1.18. The number of rotatable bonds is 9. The number of hydrogen-bond acceptors (Lipinski definition) is 9. The monoisotopic (exact) mass is 511 g/mol. The Hall–Kier alpha value is -3.96. The van der Waals surface area contributed by atoms with Crippen LogP contribution in [0.25, 0.3) is 10.8 Å². The number of carbonyl (C=O) groups is 2. The Labute approximate surface area is 214 Å². The molecule has 2 amide bonds. The molecule has 1 saturated heterocycles. The Kier molecular flexibility index (Phi) is 8.04. The molecule has 3 N–H and O–H groups in total. The highest BCUT2D eigenvalue weighted by molar-refractivity contribution is 5.90. The Morgan fingerprint density at radius 3 is 2.78 bits per heavy atom. The summed E-state index contributed by atoms with van der Waals surface area (Å²) in [7, 11) is 0. The summed E-state index contributed by atoms with van der Waals surface area (Å²) in [6, 6.07) is 6.96. The minimum atomic E-state index is -0.580. The van der Waals surface area contributed by atoms with Crippen molar-refractivity contribution in [1.82, 2.24) is 30.6 Å². The summed E-state index contributed by atoms with van der Waals surface area (Å²) in [5.41, 5.74) is -0.811. The van der Waals surface area contributed by atoms with Gasteiger partial charge in [0.05, 0.1) is 11.4 Å². The van der Waals surface area contributed by atoms with Crippen LogP contribution >= 0.6 is 0 Å². The molecular weight excluding hydrogens is 478 g/mol. The second-order valence-electron chi connectivity index (χ2n) is 9.96. The van der Waals surface area contributed by atoms with Crippen LogP contribution in [0.1, 0.15) is 64.2 Å². The molecular formula is C25H33N7O5. The SMILES string of the molecule is CC(C)(C)OC(=O)N1CCCC1c1noc(CCC(=O)NCCCNc2n[nH]c(=O)c3ccccc23)n1. The maximum absolute atomic E-state index is 12.5. The first kappa shape index (κ1) is 26.1. The maximum Gasteiger partial charge on any atom is 0.410 e. The lowest BCUT2D eigenvalue weighted by molar-refractivity contribution is -0.121. The Morgan fingerprint density at radius 2 is 2.00 bits per heavy atom. The van der Waals surface area contributed by atoms with Gasteiger partial charge in [0.2, 0.25) is 11.8 Å². The molecule has 1 aliphatic rings. The van der Waals surface area contributed by atoms with E-state index in [1.165, 1.54) is 0 Å². The quantitative estimate of drug-likeness (QED) is 0.368. The molecule has 1 aliphatic heterocycles. The number of likely N-dealkylation sites (tertiary alicyclic amines) is 1. The number of H-pyrrole nitrogens is 1. The van der Waals surface area contributed by atoms with Gasteiger partial charge in [0.25, 0.3) is 5.56 Å². The van der Waals surface area contributed by atoms with Crippen LogP contribution in [0.2, 0.25) is 0 Å². The van der Waals surface area contributed by atoms with E-state index in [-0.39, 0.29) is 30.0 Å². The lowest BCUT2D eigenvalue weighted by Crippen LogP contribution is -2.36. The third-order valence-electron chi connectivity index (χ3n) is 5.89. The number of ether oxygens (including phenoxy) is 1. The van der Waals surface area contributed by atoms with Gasteiger partial charge in [-0.1, -0.05) is 23.4 Å². The first-order valence-corrected chi connectivity index (χ1v) is 12.5. The predicted molar refractivity (Wildman–Crippen MR) is 136 cm³/mol. The van der Waals surface area contributed by atoms with Crippen molar-refractivity contribution < 1.29 is 18.8 Å². The molecule has 3 heterocycles. The van der Waals surface area contributed by atoms with Crippen LogP contribution in [0, 0.1) is 0 Å². The Morgan fingerprint density at radius 1 is 1.22 bits per heavy atom. The van der Waals surface area contributed by atoms with Gasteiger partial charge in [-0.2, -0.15) is 10.1 Å². The topological polar surface area (TPSA) is 155 Å². The summed E-state index contributed by atoms with van der Waals surface area (Å²) in [5, 5.41) is 18.0. The number of nitrogens with zero attached hydrogens (tertiary/aromatic N) is 4. The van der Waals surface area contributed by atoms with E-state index in [4.69, 9.17) is 9.26 Å². The van der Waals surface area contributed by atoms with Crippen LogP contribution in [0.3, 0.4) is 0 Å². The summed E-state index contributed by atoms with van der Waals surface area (Å²) < 4.78 is 10.8. The van der Waals surface area contributed by atoms with Gasteiger partial charge in [-0.3, -0.25) is 14.5 Å². The normalized spacial score (nSPS) is 15.6. The lowest BCUT2D eigenvalue weighted by atomic mass is 10.2. The van der Waals surface area contributed by atoms with Gasteiger partial charge in [0, 0.05) is 37.9 Å². The van der Waals surface area contributed by atoms with Gasteiger partial charge in [0.15, 0.2) is 11.6 Å².